The molecule has 4 nitrogen and oxygen atoms in total. The molecule has 1 amide bonds. The molecule has 5 heteroatoms. The molecule has 1 aliphatic heterocycles. The fraction of sp³-hybridized carbons (Fsp3) is 0.632. The van der Waals surface area contributed by atoms with Crippen LogP contribution in [0.1, 0.15) is 37.7 Å². The Bertz CT molecular complexity index is 558. The Morgan fingerprint density at radius 3 is 2.96 bits per heavy atom. The van der Waals surface area contributed by atoms with E-state index in [0.717, 1.165) is 41.0 Å². The molecular weight excluding hydrogens is 322 g/mol. The van der Waals surface area contributed by atoms with E-state index in [1.807, 2.05) is 30.0 Å². The summed E-state index contributed by atoms with van der Waals surface area (Å²) >= 11 is 2.02. The van der Waals surface area contributed by atoms with Gasteiger partial charge in [-0.2, -0.15) is 11.8 Å². The molecule has 0 bridgehead atoms. The first-order chi connectivity index (χ1) is 11.8. The number of hydrogen-bond acceptors (Lipinski definition) is 4. The van der Waals surface area contributed by atoms with Crippen LogP contribution in [0.3, 0.4) is 0 Å². The van der Waals surface area contributed by atoms with Crippen molar-refractivity contribution in [2.75, 3.05) is 26.0 Å². The first-order valence-corrected chi connectivity index (χ1v) is 10.00. The van der Waals surface area contributed by atoms with Gasteiger partial charge in [0.25, 0.3) is 0 Å². The molecule has 0 radical (unpaired) electrons. The lowest BCUT2D eigenvalue weighted by molar-refractivity contribution is -0.126. The van der Waals surface area contributed by atoms with E-state index in [4.69, 9.17) is 9.47 Å². The summed E-state index contributed by atoms with van der Waals surface area (Å²) in [6.45, 7) is 1.20. The molecule has 1 aromatic rings. The number of amides is 1. The highest BCUT2D eigenvalue weighted by atomic mass is 32.2. The Morgan fingerprint density at radius 2 is 2.17 bits per heavy atom. The van der Waals surface area contributed by atoms with Crippen LogP contribution in [0.5, 0.6) is 11.5 Å². The van der Waals surface area contributed by atoms with Gasteiger partial charge in [0.05, 0.1) is 13.0 Å². The predicted octanol–water partition coefficient (Wildman–Crippen LogP) is 3.43. The molecule has 1 aromatic carbocycles. The van der Waals surface area contributed by atoms with Gasteiger partial charge in [0.1, 0.15) is 18.1 Å². The summed E-state index contributed by atoms with van der Waals surface area (Å²) in [6, 6.07) is 5.81. The molecule has 1 fully saturated rings. The SMILES string of the molecule is COc1ccc2c(c1)OC[C@H](C(=O)NCCSC1CCCCC1)C2. The molecule has 0 spiro atoms. The minimum Gasteiger partial charge on any atom is -0.497 e. The average molecular weight is 349 g/mol. The maximum atomic E-state index is 12.4. The van der Waals surface area contributed by atoms with E-state index in [-0.39, 0.29) is 11.8 Å². The number of methoxy groups -OCH3 is 1. The average Bonchev–Trinajstić information content (AvgIpc) is 2.65. The zero-order valence-electron chi connectivity index (χ0n) is 14.4. The number of rotatable bonds is 6. The second-order valence-corrected chi connectivity index (χ2v) is 8.02. The zero-order chi connectivity index (χ0) is 16.8. The monoisotopic (exact) mass is 349 g/mol. The van der Waals surface area contributed by atoms with Gasteiger partial charge in [0, 0.05) is 23.6 Å². The van der Waals surface area contributed by atoms with Crippen molar-refractivity contribution in [3.63, 3.8) is 0 Å². The van der Waals surface area contributed by atoms with Gasteiger partial charge in [0.15, 0.2) is 0 Å². The van der Waals surface area contributed by atoms with Gasteiger partial charge in [0.2, 0.25) is 5.91 Å². The highest BCUT2D eigenvalue weighted by Crippen LogP contribution is 2.31. The van der Waals surface area contributed by atoms with Crippen LogP contribution < -0.4 is 14.8 Å². The molecular formula is C19H27NO3S. The van der Waals surface area contributed by atoms with Crippen molar-refractivity contribution in [1.29, 1.82) is 0 Å². The van der Waals surface area contributed by atoms with Crippen molar-refractivity contribution in [3.8, 4) is 11.5 Å². The minimum absolute atomic E-state index is 0.0921. The van der Waals surface area contributed by atoms with Crippen LogP contribution in [-0.2, 0) is 11.2 Å². The maximum absolute atomic E-state index is 12.4. The quantitative estimate of drug-likeness (QED) is 0.800. The van der Waals surface area contributed by atoms with E-state index < -0.39 is 0 Å². The second-order valence-electron chi connectivity index (χ2n) is 6.61. The molecule has 3 rings (SSSR count). The molecule has 1 heterocycles. The van der Waals surface area contributed by atoms with Crippen molar-refractivity contribution in [3.05, 3.63) is 23.8 Å². The smallest absolute Gasteiger partial charge is 0.226 e. The van der Waals surface area contributed by atoms with Crippen molar-refractivity contribution in [2.45, 2.75) is 43.8 Å². The third-order valence-electron chi connectivity index (χ3n) is 4.86. The standard InChI is InChI=1S/C19H27NO3S/c1-22-16-8-7-14-11-15(13-23-18(14)12-16)19(21)20-9-10-24-17-5-3-2-4-6-17/h7-8,12,15,17H,2-6,9-11,13H2,1H3,(H,20,21)/t15-/m1/s1. The zero-order valence-corrected chi connectivity index (χ0v) is 15.2. The lowest BCUT2D eigenvalue weighted by Crippen LogP contribution is -2.38. The summed E-state index contributed by atoms with van der Waals surface area (Å²) in [5.41, 5.74) is 1.08. The molecule has 1 atom stereocenters. The number of nitrogens with one attached hydrogen (secondary N) is 1. The summed E-state index contributed by atoms with van der Waals surface area (Å²) < 4.78 is 11.0. The number of carbonyl (C=O) groups excluding carboxylic acids is 1. The van der Waals surface area contributed by atoms with Gasteiger partial charge in [-0.05, 0) is 30.9 Å². The van der Waals surface area contributed by atoms with Gasteiger partial charge in [-0.3, -0.25) is 4.79 Å². The molecule has 24 heavy (non-hydrogen) atoms. The van der Waals surface area contributed by atoms with Gasteiger partial charge in [-0.1, -0.05) is 25.3 Å². The number of benzene rings is 1. The Morgan fingerprint density at radius 1 is 1.33 bits per heavy atom. The van der Waals surface area contributed by atoms with Gasteiger partial charge < -0.3 is 14.8 Å². The Hall–Kier alpha value is -1.36. The summed E-state index contributed by atoms with van der Waals surface area (Å²) in [5.74, 6) is 2.66. The van der Waals surface area contributed by atoms with Gasteiger partial charge in [-0.15, -0.1) is 0 Å². The van der Waals surface area contributed by atoms with E-state index in [1.165, 1.54) is 32.1 Å². The molecule has 1 aliphatic carbocycles. The van der Waals surface area contributed by atoms with Crippen LogP contribution in [0, 0.1) is 5.92 Å². The van der Waals surface area contributed by atoms with E-state index in [9.17, 15) is 4.79 Å². The summed E-state index contributed by atoms with van der Waals surface area (Å²) in [7, 11) is 1.64. The van der Waals surface area contributed by atoms with Crippen molar-refractivity contribution < 1.29 is 14.3 Å². The molecule has 1 N–H and O–H groups in total. The Labute approximate surface area is 148 Å². The molecule has 1 saturated carbocycles. The summed E-state index contributed by atoms with van der Waals surface area (Å²) in [4.78, 5) is 12.4. The first-order valence-electron chi connectivity index (χ1n) is 8.95. The van der Waals surface area contributed by atoms with E-state index >= 15 is 0 Å². The number of thioether (sulfide) groups is 1. The molecule has 0 aromatic heterocycles. The van der Waals surface area contributed by atoms with Crippen LogP contribution >= 0.6 is 11.8 Å². The molecule has 0 saturated heterocycles. The summed E-state index contributed by atoms with van der Waals surface area (Å²) in [6.07, 6.45) is 7.55. The predicted molar refractivity (Wildman–Crippen MR) is 98.0 cm³/mol. The molecule has 0 unspecified atom stereocenters. The van der Waals surface area contributed by atoms with E-state index in [0.29, 0.717) is 6.61 Å². The van der Waals surface area contributed by atoms with Crippen molar-refractivity contribution in [2.24, 2.45) is 5.92 Å². The number of carbonyl (C=O) groups is 1. The third kappa shape index (κ3) is 4.59. The van der Waals surface area contributed by atoms with Crippen LogP contribution in [0.15, 0.2) is 18.2 Å². The Balaban J connectivity index is 1.41. The number of ether oxygens (including phenoxy) is 2. The fourth-order valence-corrected chi connectivity index (χ4v) is 4.64. The molecule has 2 aliphatic rings. The minimum atomic E-state index is -0.0921. The van der Waals surface area contributed by atoms with E-state index in [1.54, 1.807) is 7.11 Å². The van der Waals surface area contributed by atoms with Crippen molar-refractivity contribution in [1.82, 2.24) is 5.32 Å². The van der Waals surface area contributed by atoms with Crippen LogP contribution in [-0.4, -0.2) is 37.2 Å². The molecule has 132 valence electrons. The van der Waals surface area contributed by atoms with E-state index in [2.05, 4.69) is 5.32 Å². The highest BCUT2D eigenvalue weighted by molar-refractivity contribution is 7.99. The highest BCUT2D eigenvalue weighted by Gasteiger charge is 2.26. The van der Waals surface area contributed by atoms with Gasteiger partial charge in [-0.25, -0.2) is 0 Å². The fourth-order valence-electron chi connectivity index (χ4n) is 3.42. The number of fused-ring (bicyclic) bond motifs is 1. The Kier molecular flexibility index (Phi) is 6.30. The normalized spacial score (nSPS) is 20.8. The van der Waals surface area contributed by atoms with Crippen LogP contribution in [0.2, 0.25) is 0 Å². The maximum Gasteiger partial charge on any atom is 0.226 e. The second kappa shape index (κ2) is 8.65. The van der Waals surface area contributed by atoms with Crippen molar-refractivity contribution >= 4 is 17.7 Å². The largest absolute Gasteiger partial charge is 0.497 e. The topological polar surface area (TPSA) is 47.6 Å². The number of hydrogen-bond donors (Lipinski definition) is 1. The first kappa shape index (κ1) is 17.5. The van der Waals surface area contributed by atoms with Crippen LogP contribution in [0.4, 0.5) is 0 Å². The summed E-state index contributed by atoms with van der Waals surface area (Å²) in [5, 5.41) is 3.88. The van der Waals surface area contributed by atoms with Crippen LogP contribution in [0.25, 0.3) is 0 Å². The lowest BCUT2D eigenvalue weighted by Gasteiger charge is -2.25. The van der Waals surface area contributed by atoms with Gasteiger partial charge >= 0.3 is 0 Å². The third-order valence-corrected chi connectivity index (χ3v) is 6.24. The lowest BCUT2D eigenvalue weighted by atomic mass is 9.96.